The molecule has 1 aromatic rings. The average Bonchev–Trinajstić information content (AvgIpc) is 2.64. The molecular weight excluding hydrogens is 329 g/mol. The summed E-state index contributed by atoms with van der Waals surface area (Å²) in [6.07, 6.45) is -2.15. The van der Waals surface area contributed by atoms with Gasteiger partial charge >= 0.3 is 13.5 Å². The van der Waals surface area contributed by atoms with Crippen molar-refractivity contribution >= 4 is 25.2 Å². The van der Waals surface area contributed by atoms with Crippen LogP contribution in [0.25, 0.3) is 0 Å². The van der Waals surface area contributed by atoms with Gasteiger partial charge in [-0.3, -0.25) is 9.09 Å². The lowest BCUT2D eigenvalue weighted by Gasteiger charge is -2.16. The Hall–Kier alpha value is -1.00. The molecule has 2 rings (SSSR count). The van der Waals surface area contributed by atoms with Gasteiger partial charge in [0.2, 0.25) is 0 Å². The minimum atomic E-state index is -4.70. The molecule has 1 aliphatic rings. The van der Waals surface area contributed by atoms with Crippen LogP contribution in [0.15, 0.2) is 17.1 Å². The summed E-state index contributed by atoms with van der Waals surface area (Å²) >= 11 is 5.98. The van der Waals surface area contributed by atoms with E-state index in [1.807, 2.05) is 0 Å². The van der Waals surface area contributed by atoms with Gasteiger partial charge in [-0.25, -0.2) is 9.36 Å². The fourth-order valence-electron chi connectivity index (χ4n) is 1.86. The molecule has 1 fully saturated rings. The molecule has 1 saturated heterocycles. The molecule has 5 N–H and O–H groups in total. The van der Waals surface area contributed by atoms with Crippen molar-refractivity contribution in [3.63, 3.8) is 0 Å². The highest BCUT2D eigenvalue weighted by Crippen LogP contribution is 2.39. The number of phosphoric acid groups is 1. The predicted octanol–water partition coefficient (Wildman–Crippen LogP) is -1.20. The Bertz CT molecular complexity index is 620. The number of anilines is 1. The van der Waals surface area contributed by atoms with E-state index in [2.05, 4.69) is 9.51 Å². The molecule has 2 heterocycles. The molecule has 0 aliphatic carbocycles. The van der Waals surface area contributed by atoms with E-state index < -0.39 is 43.9 Å². The highest BCUT2D eigenvalue weighted by atomic mass is 35.5. The molecule has 0 radical (unpaired) electrons. The number of nitrogen functional groups attached to an aromatic ring is 1. The van der Waals surface area contributed by atoms with Gasteiger partial charge in [0.05, 0.1) is 6.61 Å². The number of nitrogens with two attached hydrogens (primary N) is 1. The van der Waals surface area contributed by atoms with E-state index in [4.69, 9.17) is 31.9 Å². The van der Waals surface area contributed by atoms with E-state index in [0.717, 1.165) is 4.57 Å². The zero-order valence-corrected chi connectivity index (χ0v) is 12.1. The molecule has 0 spiro atoms. The fourth-order valence-corrected chi connectivity index (χ4v) is 2.54. The van der Waals surface area contributed by atoms with Crippen molar-refractivity contribution in [1.29, 1.82) is 0 Å². The summed E-state index contributed by atoms with van der Waals surface area (Å²) in [5.74, 6) is 0.0160. The number of halogens is 1. The SMILES string of the molecule is Nc1ccn([C@@H]2O[C@H](COP(=O)(O)O)[C@@H](O)[C@H]2Cl)c(=O)n1. The first-order valence-electron chi connectivity index (χ1n) is 5.71. The van der Waals surface area contributed by atoms with Crippen molar-refractivity contribution in [3.8, 4) is 0 Å². The Balaban J connectivity index is 2.16. The topological polar surface area (TPSA) is 157 Å². The van der Waals surface area contributed by atoms with Gasteiger partial charge in [0.15, 0.2) is 6.23 Å². The van der Waals surface area contributed by atoms with Gasteiger partial charge in [-0.05, 0) is 6.07 Å². The summed E-state index contributed by atoms with van der Waals surface area (Å²) in [5.41, 5.74) is 4.63. The predicted molar refractivity (Wildman–Crippen MR) is 70.5 cm³/mol. The number of hydrogen-bond acceptors (Lipinski definition) is 7. The highest BCUT2D eigenvalue weighted by molar-refractivity contribution is 7.46. The highest BCUT2D eigenvalue weighted by Gasteiger charge is 2.44. The normalized spacial score (nSPS) is 29.7. The summed E-state index contributed by atoms with van der Waals surface area (Å²) in [5, 5.41) is 8.85. The van der Waals surface area contributed by atoms with E-state index in [-0.39, 0.29) is 5.82 Å². The van der Waals surface area contributed by atoms with Crippen LogP contribution in [-0.2, 0) is 13.8 Å². The second-order valence-corrected chi connectivity index (χ2v) is 6.07. The maximum Gasteiger partial charge on any atom is 0.469 e. The van der Waals surface area contributed by atoms with E-state index in [1.165, 1.54) is 12.3 Å². The molecule has 0 aromatic carbocycles. The van der Waals surface area contributed by atoms with Gasteiger partial charge in [-0.2, -0.15) is 4.98 Å². The number of aliphatic hydroxyl groups excluding tert-OH is 1. The van der Waals surface area contributed by atoms with Gasteiger partial charge in [0.1, 0.15) is 23.4 Å². The molecule has 12 heteroatoms. The molecule has 0 saturated carbocycles. The molecular formula is C9H13ClN3O7P. The smallest absolute Gasteiger partial charge is 0.389 e. The Labute approximate surface area is 123 Å². The van der Waals surface area contributed by atoms with Crippen molar-refractivity contribution in [1.82, 2.24) is 9.55 Å². The van der Waals surface area contributed by atoms with Crippen LogP contribution in [0, 0.1) is 0 Å². The van der Waals surface area contributed by atoms with Crippen LogP contribution in [0.2, 0.25) is 0 Å². The van der Waals surface area contributed by atoms with Crippen LogP contribution in [0.4, 0.5) is 5.82 Å². The van der Waals surface area contributed by atoms with E-state index in [0.29, 0.717) is 0 Å². The first-order chi connectivity index (χ1) is 9.69. The van der Waals surface area contributed by atoms with Crippen molar-refractivity contribution < 1.29 is 28.7 Å². The van der Waals surface area contributed by atoms with E-state index in [9.17, 15) is 14.5 Å². The number of aromatic nitrogens is 2. The molecule has 0 bridgehead atoms. The third-order valence-electron chi connectivity index (χ3n) is 2.83. The van der Waals surface area contributed by atoms with Crippen molar-refractivity contribution in [2.45, 2.75) is 23.8 Å². The lowest BCUT2D eigenvalue weighted by molar-refractivity contribution is -0.0449. The lowest BCUT2D eigenvalue weighted by atomic mass is 10.2. The average molecular weight is 342 g/mol. The Morgan fingerprint density at radius 2 is 2.24 bits per heavy atom. The minimum absolute atomic E-state index is 0.0160. The number of phosphoric ester groups is 1. The second kappa shape index (κ2) is 6.01. The van der Waals surface area contributed by atoms with E-state index in [1.54, 1.807) is 0 Å². The Kier molecular flexibility index (Phi) is 4.69. The van der Waals surface area contributed by atoms with Crippen LogP contribution in [-0.4, -0.2) is 48.6 Å². The molecule has 10 nitrogen and oxygen atoms in total. The molecule has 118 valence electrons. The maximum absolute atomic E-state index is 11.7. The second-order valence-electron chi connectivity index (χ2n) is 4.33. The summed E-state index contributed by atoms with van der Waals surface area (Å²) in [7, 11) is -4.70. The Morgan fingerprint density at radius 3 is 2.81 bits per heavy atom. The lowest BCUT2D eigenvalue weighted by Crippen LogP contribution is -2.33. The molecule has 1 aromatic heterocycles. The van der Waals surface area contributed by atoms with Gasteiger partial charge in [0, 0.05) is 6.20 Å². The number of alkyl halides is 1. The van der Waals surface area contributed by atoms with Crippen molar-refractivity contribution in [2.75, 3.05) is 12.3 Å². The van der Waals surface area contributed by atoms with Gasteiger partial charge in [0.25, 0.3) is 0 Å². The molecule has 4 atom stereocenters. The Morgan fingerprint density at radius 1 is 1.57 bits per heavy atom. The zero-order valence-electron chi connectivity index (χ0n) is 10.4. The number of aliphatic hydroxyl groups is 1. The van der Waals surface area contributed by atoms with Crippen LogP contribution in [0.1, 0.15) is 6.23 Å². The quantitative estimate of drug-likeness (QED) is 0.390. The summed E-state index contributed by atoms with van der Waals surface area (Å²) in [4.78, 5) is 32.5. The van der Waals surface area contributed by atoms with E-state index >= 15 is 0 Å². The summed E-state index contributed by atoms with van der Waals surface area (Å²) in [6, 6.07) is 1.35. The van der Waals surface area contributed by atoms with Crippen molar-refractivity contribution in [3.05, 3.63) is 22.7 Å². The first kappa shape index (κ1) is 16.4. The van der Waals surface area contributed by atoms with Crippen LogP contribution in [0.3, 0.4) is 0 Å². The summed E-state index contributed by atoms with van der Waals surface area (Å²) in [6.45, 7) is -0.581. The van der Waals surface area contributed by atoms with Crippen LogP contribution < -0.4 is 11.4 Å². The first-order valence-corrected chi connectivity index (χ1v) is 7.68. The third kappa shape index (κ3) is 3.80. The minimum Gasteiger partial charge on any atom is -0.389 e. The number of hydrogen-bond donors (Lipinski definition) is 4. The standard InChI is InChI=1S/C9H13ClN3O7P/c10-6-7(14)4(3-19-21(16,17)18)20-8(6)13-2-1-5(11)12-9(13)15/h1-2,4,6-8,14H,3H2,(H2,11,12,15)(H2,16,17,18)/t4-,6-,7-,8-/m1/s1. The molecule has 0 unspecified atom stereocenters. The third-order valence-corrected chi connectivity index (χ3v) is 3.79. The van der Waals surface area contributed by atoms with Gasteiger partial charge in [-0.15, -0.1) is 11.6 Å². The largest absolute Gasteiger partial charge is 0.469 e. The molecule has 0 amide bonds. The molecule has 21 heavy (non-hydrogen) atoms. The van der Waals surface area contributed by atoms with Crippen molar-refractivity contribution in [2.24, 2.45) is 0 Å². The van der Waals surface area contributed by atoms with Crippen LogP contribution in [0.5, 0.6) is 0 Å². The molecule has 1 aliphatic heterocycles. The monoisotopic (exact) mass is 341 g/mol. The number of ether oxygens (including phenoxy) is 1. The van der Waals surface area contributed by atoms with Crippen LogP contribution >= 0.6 is 19.4 Å². The fraction of sp³-hybridized carbons (Fsp3) is 0.556. The maximum atomic E-state index is 11.7. The van der Waals surface area contributed by atoms with Gasteiger partial charge < -0.3 is 25.4 Å². The van der Waals surface area contributed by atoms with Gasteiger partial charge in [-0.1, -0.05) is 0 Å². The number of rotatable bonds is 4. The number of nitrogens with zero attached hydrogens (tertiary/aromatic N) is 2. The zero-order chi connectivity index (χ0) is 15.8. The summed E-state index contributed by atoms with van der Waals surface area (Å²) < 4.78 is 21.3.